The second kappa shape index (κ2) is 11.6. The van der Waals surface area contributed by atoms with E-state index in [-0.39, 0.29) is 29.0 Å². The minimum Gasteiger partial charge on any atom is -0.496 e. The van der Waals surface area contributed by atoms with Crippen molar-refractivity contribution in [2.45, 2.75) is 25.0 Å². The molecule has 190 valence electrons. The van der Waals surface area contributed by atoms with Gasteiger partial charge >= 0.3 is 0 Å². The SMILES string of the molecule is COc1cc(N)c(Cl)cc1C(=O)NC1CCN(CCC(=O)Nc2cccc3ncccc23)CC1OC. The number of methoxy groups -OCH3 is 2. The predicted octanol–water partition coefficient (Wildman–Crippen LogP) is 3.33. The maximum absolute atomic E-state index is 13.0. The highest BCUT2D eigenvalue weighted by atomic mass is 35.5. The van der Waals surface area contributed by atoms with Gasteiger partial charge in [-0.15, -0.1) is 0 Å². The third-order valence-corrected chi connectivity index (χ3v) is 6.73. The molecule has 10 heteroatoms. The minimum absolute atomic E-state index is 0.0666. The molecule has 2 atom stereocenters. The van der Waals surface area contributed by atoms with Gasteiger partial charge in [-0.2, -0.15) is 0 Å². The summed E-state index contributed by atoms with van der Waals surface area (Å²) in [6, 6.07) is 12.3. The average molecular weight is 512 g/mol. The first-order valence-corrected chi connectivity index (χ1v) is 12.1. The van der Waals surface area contributed by atoms with Crippen LogP contribution in [0.5, 0.6) is 5.75 Å². The molecule has 1 fully saturated rings. The number of halogens is 1. The number of amides is 2. The van der Waals surface area contributed by atoms with E-state index in [0.29, 0.717) is 42.9 Å². The van der Waals surface area contributed by atoms with Crippen LogP contribution >= 0.6 is 11.6 Å². The number of pyridine rings is 1. The molecular weight excluding hydrogens is 482 g/mol. The Kier molecular flexibility index (Phi) is 8.25. The van der Waals surface area contributed by atoms with E-state index in [0.717, 1.165) is 23.1 Å². The molecule has 1 aliphatic rings. The number of anilines is 2. The number of hydrogen-bond donors (Lipinski definition) is 3. The molecule has 0 aliphatic carbocycles. The number of carbonyl (C=O) groups is 2. The Morgan fingerprint density at radius 2 is 2.06 bits per heavy atom. The lowest BCUT2D eigenvalue weighted by atomic mass is 10.0. The van der Waals surface area contributed by atoms with Crippen LogP contribution in [-0.4, -0.2) is 67.7 Å². The Morgan fingerprint density at radius 3 is 2.83 bits per heavy atom. The molecule has 2 heterocycles. The van der Waals surface area contributed by atoms with E-state index in [9.17, 15) is 9.59 Å². The van der Waals surface area contributed by atoms with Gasteiger partial charge in [-0.1, -0.05) is 17.7 Å². The molecule has 1 aromatic heterocycles. The normalized spacial score (nSPS) is 18.1. The van der Waals surface area contributed by atoms with Gasteiger partial charge in [0.25, 0.3) is 5.91 Å². The number of rotatable bonds is 8. The van der Waals surface area contributed by atoms with E-state index in [1.807, 2.05) is 30.3 Å². The quantitative estimate of drug-likeness (QED) is 0.397. The van der Waals surface area contributed by atoms with E-state index < -0.39 is 0 Å². The van der Waals surface area contributed by atoms with Gasteiger partial charge in [0.2, 0.25) is 5.91 Å². The number of nitrogens with zero attached hydrogens (tertiary/aromatic N) is 2. The summed E-state index contributed by atoms with van der Waals surface area (Å²) in [7, 11) is 3.10. The molecule has 2 amide bonds. The number of aromatic nitrogens is 1. The highest BCUT2D eigenvalue weighted by Gasteiger charge is 2.31. The fraction of sp³-hybridized carbons (Fsp3) is 0.346. The van der Waals surface area contributed by atoms with Crippen molar-refractivity contribution in [1.82, 2.24) is 15.2 Å². The highest BCUT2D eigenvalue weighted by Crippen LogP contribution is 2.29. The van der Waals surface area contributed by atoms with Crippen LogP contribution < -0.4 is 21.1 Å². The number of likely N-dealkylation sites (tertiary alicyclic amines) is 1. The first-order chi connectivity index (χ1) is 17.4. The Balaban J connectivity index is 1.32. The van der Waals surface area contributed by atoms with Crippen LogP contribution in [0.2, 0.25) is 5.02 Å². The molecular formula is C26H30ClN5O4. The average Bonchev–Trinajstić information content (AvgIpc) is 2.89. The lowest BCUT2D eigenvalue weighted by Crippen LogP contribution is -2.55. The van der Waals surface area contributed by atoms with Crippen LogP contribution in [0.15, 0.2) is 48.7 Å². The van der Waals surface area contributed by atoms with Gasteiger partial charge in [-0.3, -0.25) is 14.6 Å². The minimum atomic E-state index is -0.307. The lowest BCUT2D eigenvalue weighted by molar-refractivity contribution is -0.116. The fourth-order valence-electron chi connectivity index (χ4n) is 4.43. The Hall–Kier alpha value is -3.40. The number of ether oxygens (including phenoxy) is 2. The first-order valence-electron chi connectivity index (χ1n) is 11.7. The topological polar surface area (TPSA) is 119 Å². The first kappa shape index (κ1) is 25.7. The summed E-state index contributed by atoms with van der Waals surface area (Å²) in [5.74, 6) is -0.0185. The smallest absolute Gasteiger partial charge is 0.255 e. The zero-order valence-electron chi connectivity index (χ0n) is 20.3. The van der Waals surface area contributed by atoms with Gasteiger partial charge in [0.1, 0.15) is 5.75 Å². The van der Waals surface area contributed by atoms with Crippen LogP contribution in [0.1, 0.15) is 23.2 Å². The van der Waals surface area contributed by atoms with E-state index >= 15 is 0 Å². The third kappa shape index (κ3) is 5.87. The molecule has 4 rings (SSSR count). The second-order valence-corrected chi connectivity index (χ2v) is 9.10. The molecule has 9 nitrogen and oxygen atoms in total. The largest absolute Gasteiger partial charge is 0.496 e. The monoisotopic (exact) mass is 511 g/mol. The maximum atomic E-state index is 13.0. The molecule has 0 spiro atoms. The van der Waals surface area contributed by atoms with Gasteiger partial charge in [0, 0.05) is 50.8 Å². The molecule has 0 saturated carbocycles. The van der Waals surface area contributed by atoms with Crippen molar-refractivity contribution < 1.29 is 19.1 Å². The Morgan fingerprint density at radius 1 is 1.22 bits per heavy atom. The zero-order valence-corrected chi connectivity index (χ0v) is 21.0. The molecule has 2 aromatic carbocycles. The lowest BCUT2D eigenvalue weighted by Gasteiger charge is -2.38. The summed E-state index contributed by atoms with van der Waals surface area (Å²) in [5.41, 5.74) is 8.07. The van der Waals surface area contributed by atoms with Gasteiger partial charge in [0.05, 0.1) is 46.7 Å². The fourth-order valence-corrected chi connectivity index (χ4v) is 4.60. The number of nitrogen functional groups attached to an aromatic ring is 1. The van der Waals surface area contributed by atoms with Crippen molar-refractivity contribution in [2.75, 3.05) is 44.9 Å². The summed E-state index contributed by atoms with van der Waals surface area (Å²) in [6.45, 7) is 1.89. The number of carbonyl (C=O) groups excluding carboxylic acids is 2. The second-order valence-electron chi connectivity index (χ2n) is 8.69. The summed E-state index contributed by atoms with van der Waals surface area (Å²) >= 11 is 6.12. The van der Waals surface area contributed by atoms with E-state index in [2.05, 4.69) is 20.5 Å². The van der Waals surface area contributed by atoms with Crippen molar-refractivity contribution in [3.63, 3.8) is 0 Å². The summed E-state index contributed by atoms with van der Waals surface area (Å²) in [5, 5.41) is 7.23. The van der Waals surface area contributed by atoms with Crippen LogP contribution in [0.4, 0.5) is 11.4 Å². The number of fused-ring (bicyclic) bond motifs is 1. The van der Waals surface area contributed by atoms with Crippen LogP contribution in [0.25, 0.3) is 10.9 Å². The van der Waals surface area contributed by atoms with Crippen molar-refractivity contribution in [3.05, 3.63) is 59.2 Å². The number of nitrogens with two attached hydrogens (primary N) is 1. The van der Waals surface area contributed by atoms with Gasteiger partial charge < -0.3 is 30.7 Å². The van der Waals surface area contributed by atoms with E-state index in [1.54, 1.807) is 13.3 Å². The van der Waals surface area contributed by atoms with Crippen LogP contribution in [-0.2, 0) is 9.53 Å². The standard InChI is InChI=1S/C26H30ClN5O4/c1-35-23-14-19(28)18(27)13-17(23)26(34)31-22-8-11-32(15-24(22)36-2)12-9-25(33)30-21-7-3-6-20-16(21)5-4-10-29-20/h3-7,10,13-14,22,24H,8-9,11-12,15,28H2,1-2H3,(H,30,33)(H,31,34). The Labute approximate surface area is 214 Å². The number of nitrogens with one attached hydrogen (secondary N) is 2. The van der Waals surface area contributed by atoms with Crippen molar-refractivity contribution in [2.24, 2.45) is 0 Å². The van der Waals surface area contributed by atoms with E-state index in [1.165, 1.54) is 19.2 Å². The number of hydrogen-bond acceptors (Lipinski definition) is 7. The zero-order chi connectivity index (χ0) is 25.7. The van der Waals surface area contributed by atoms with Crippen LogP contribution in [0.3, 0.4) is 0 Å². The van der Waals surface area contributed by atoms with Gasteiger partial charge in [-0.25, -0.2) is 0 Å². The summed E-state index contributed by atoms with van der Waals surface area (Å²) in [4.78, 5) is 32.1. The third-order valence-electron chi connectivity index (χ3n) is 6.40. The molecule has 1 saturated heterocycles. The molecule has 0 bridgehead atoms. The summed E-state index contributed by atoms with van der Waals surface area (Å²) < 4.78 is 11.0. The predicted molar refractivity (Wildman–Crippen MR) is 141 cm³/mol. The molecule has 1 aliphatic heterocycles. The highest BCUT2D eigenvalue weighted by molar-refractivity contribution is 6.33. The Bertz CT molecular complexity index is 1250. The van der Waals surface area contributed by atoms with E-state index in [4.69, 9.17) is 26.8 Å². The van der Waals surface area contributed by atoms with Crippen molar-refractivity contribution in [1.29, 1.82) is 0 Å². The molecule has 36 heavy (non-hydrogen) atoms. The van der Waals surface area contributed by atoms with Crippen molar-refractivity contribution >= 4 is 45.7 Å². The van der Waals surface area contributed by atoms with Gasteiger partial charge in [-0.05, 0) is 36.8 Å². The number of benzene rings is 2. The number of piperidine rings is 1. The molecule has 4 N–H and O–H groups in total. The molecule has 2 unspecified atom stereocenters. The van der Waals surface area contributed by atoms with Crippen molar-refractivity contribution in [3.8, 4) is 5.75 Å². The molecule has 3 aromatic rings. The van der Waals surface area contributed by atoms with Gasteiger partial charge in [0.15, 0.2) is 0 Å². The van der Waals surface area contributed by atoms with Crippen LogP contribution in [0, 0.1) is 0 Å². The summed E-state index contributed by atoms with van der Waals surface area (Å²) in [6.07, 6.45) is 2.51. The maximum Gasteiger partial charge on any atom is 0.255 e. The molecule has 0 radical (unpaired) electrons.